The lowest BCUT2D eigenvalue weighted by molar-refractivity contribution is -0.138. The summed E-state index contributed by atoms with van der Waals surface area (Å²) in [6, 6.07) is 13.8. The van der Waals surface area contributed by atoms with Crippen molar-refractivity contribution in [2.45, 2.75) is 19.0 Å². The smallest absolute Gasteiger partial charge is 0.416 e. The lowest BCUT2D eigenvalue weighted by Gasteiger charge is -2.18. The Bertz CT molecular complexity index is 1340. The predicted molar refractivity (Wildman–Crippen MR) is 107 cm³/mol. The third-order valence-corrected chi connectivity index (χ3v) is 5.19. The fraction of sp³-hybridized carbons (Fsp3) is 0.130. The molecule has 0 amide bonds. The van der Waals surface area contributed by atoms with Crippen molar-refractivity contribution >= 4 is 44.3 Å². The normalized spacial score (nSPS) is 12.0. The van der Waals surface area contributed by atoms with E-state index in [1.807, 2.05) is 18.2 Å². The predicted octanol–water partition coefficient (Wildman–Crippen LogP) is 5.42. The van der Waals surface area contributed by atoms with Crippen molar-refractivity contribution < 1.29 is 33.0 Å². The molecular formula is C23H15F3O4. The topological polar surface area (TPSA) is 74.6 Å². The molecule has 0 unspecified atom stereocenters. The van der Waals surface area contributed by atoms with Crippen LogP contribution >= 0.6 is 0 Å². The molecule has 4 aromatic rings. The molecule has 2 N–H and O–H groups in total. The molecule has 4 nitrogen and oxygen atoms in total. The molecular weight excluding hydrogens is 397 g/mol. The van der Waals surface area contributed by atoms with Gasteiger partial charge < -0.3 is 10.2 Å². The van der Waals surface area contributed by atoms with Gasteiger partial charge in [-0.1, -0.05) is 30.3 Å². The van der Waals surface area contributed by atoms with E-state index in [1.165, 1.54) is 6.07 Å². The van der Waals surface area contributed by atoms with Crippen molar-refractivity contribution in [2.75, 3.05) is 0 Å². The van der Waals surface area contributed by atoms with E-state index in [1.54, 1.807) is 18.2 Å². The molecule has 0 bridgehead atoms. The Balaban J connectivity index is 2.23. The van der Waals surface area contributed by atoms with Crippen LogP contribution in [0.5, 0.6) is 0 Å². The van der Waals surface area contributed by atoms with Crippen molar-refractivity contribution in [2.24, 2.45) is 0 Å². The molecule has 0 saturated carbocycles. The lowest BCUT2D eigenvalue weighted by atomic mass is 9.87. The summed E-state index contributed by atoms with van der Waals surface area (Å²) in [4.78, 5) is 23.1. The maximum atomic E-state index is 13.3. The summed E-state index contributed by atoms with van der Waals surface area (Å²) in [6.45, 7) is 0. The average Bonchev–Trinajstić information content (AvgIpc) is 2.67. The van der Waals surface area contributed by atoms with Crippen molar-refractivity contribution in [1.29, 1.82) is 0 Å². The summed E-state index contributed by atoms with van der Waals surface area (Å²) in [5.41, 5.74) is -0.317. The Morgan fingerprint density at radius 2 is 1.17 bits per heavy atom. The number of carboxylic acid groups (broad SMARTS) is 2. The van der Waals surface area contributed by atoms with Crippen molar-refractivity contribution in [1.82, 2.24) is 0 Å². The zero-order valence-corrected chi connectivity index (χ0v) is 15.5. The van der Waals surface area contributed by atoms with Crippen molar-refractivity contribution in [3.63, 3.8) is 0 Å². The van der Waals surface area contributed by atoms with Gasteiger partial charge in [0, 0.05) is 0 Å². The van der Waals surface area contributed by atoms with Crippen LogP contribution in [-0.2, 0) is 28.6 Å². The van der Waals surface area contributed by atoms with Crippen LogP contribution in [0.25, 0.3) is 32.3 Å². The molecule has 30 heavy (non-hydrogen) atoms. The number of hydrogen-bond acceptors (Lipinski definition) is 2. The fourth-order valence-electron chi connectivity index (χ4n) is 3.95. The molecule has 4 aromatic carbocycles. The number of carbonyl (C=O) groups is 2. The first-order valence-corrected chi connectivity index (χ1v) is 9.06. The standard InChI is InChI=1S/C23H15F3O4/c24-23(25,26)14-5-6-15-18(9-14)20(11-22(29)30)17-8-13-4-2-1-3-12(13)7-16(17)19(15)10-21(27)28/h1-9H,10-11H2,(H,27,28)(H,29,30). The molecule has 0 fully saturated rings. The van der Waals surface area contributed by atoms with Gasteiger partial charge in [0.1, 0.15) is 0 Å². The van der Waals surface area contributed by atoms with Crippen LogP contribution in [0.3, 0.4) is 0 Å². The monoisotopic (exact) mass is 412 g/mol. The molecule has 0 aliphatic heterocycles. The SMILES string of the molecule is O=C(O)Cc1c2ccc(C(F)(F)F)cc2c(CC(=O)O)c2cc3ccccc3cc12. The molecule has 7 heteroatoms. The number of aliphatic carboxylic acids is 2. The molecule has 152 valence electrons. The Labute approximate surface area is 168 Å². The van der Waals surface area contributed by atoms with E-state index in [-0.39, 0.29) is 10.9 Å². The first kappa shape index (κ1) is 19.7. The van der Waals surface area contributed by atoms with Crippen LogP contribution in [0.1, 0.15) is 16.7 Å². The maximum absolute atomic E-state index is 13.3. The summed E-state index contributed by atoms with van der Waals surface area (Å²) >= 11 is 0. The van der Waals surface area contributed by atoms with Gasteiger partial charge in [0.05, 0.1) is 18.4 Å². The van der Waals surface area contributed by atoms with Crippen LogP contribution in [-0.4, -0.2) is 22.2 Å². The van der Waals surface area contributed by atoms with Crippen LogP contribution in [0.2, 0.25) is 0 Å². The lowest BCUT2D eigenvalue weighted by Crippen LogP contribution is -2.09. The molecule has 0 spiro atoms. The second-order valence-corrected chi connectivity index (χ2v) is 7.10. The number of halogens is 3. The average molecular weight is 412 g/mol. The third-order valence-electron chi connectivity index (χ3n) is 5.19. The number of benzene rings is 4. The van der Waals surface area contributed by atoms with E-state index < -0.39 is 36.5 Å². The van der Waals surface area contributed by atoms with Gasteiger partial charge in [0.2, 0.25) is 0 Å². The van der Waals surface area contributed by atoms with Crippen LogP contribution in [0, 0.1) is 0 Å². The number of fused-ring (bicyclic) bond motifs is 3. The van der Waals surface area contributed by atoms with Gasteiger partial charge in [0.25, 0.3) is 0 Å². The van der Waals surface area contributed by atoms with E-state index in [4.69, 9.17) is 0 Å². The molecule has 4 rings (SSSR count). The van der Waals surface area contributed by atoms with E-state index in [0.29, 0.717) is 21.7 Å². The molecule has 0 saturated heterocycles. The minimum absolute atomic E-state index is 0.103. The van der Waals surface area contributed by atoms with E-state index >= 15 is 0 Å². The summed E-state index contributed by atoms with van der Waals surface area (Å²) < 4.78 is 40.0. The Kier molecular flexibility index (Phi) is 4.61. The summed E-state index contributed by atoms with van der Waals surface area (Å²) in [5, 5.41) is 21.8. The number of rotatable bonds is 4. The van der Waals surface area contributed by atoms with Crippen LogP contribution < -0.4 is 0 Å². The van der Waals surface area contributed by atoms with Crippen LogP contribution in [0.15, 0.2) is 54.6 Å². The minimum atomic E-state index is -4.61. The second kappa shape index (κ2) is 7.02. The minimum Gasteiger partial charge on any atom is -0.481 e. The number of hydrogen-bond donors (Lipinski definition) is 2. The Morgan fingerprint density at radius 3 is 1.63 bits per heavy atom. The maximum Gasteiger partial charge on any atom is 0.416 e. The highest BCUT2D eigenvalue weighted by Gasteiger charge is 2.31. The third kappa shape index (κ3) is 3.43. The molecule has 0 radical (unpaired) electrons. The summed E-state index contributed by atoms with van der Waals surface area (Å²) in [7, 11) is 0. The number of alkyl halides is 3. The molecule has 0 heterocycles. The van der Waals surface area contributed by atoms with Crippen molar-refractivity contribution in [3.8, 4) is 0 Å². The highest BCUT2D eigenvalue weighted by atomic mass is 19.4. The highest BCUT2D eigenvalue weighted by molar-refractivity contribution is 6.12. The number of carboxylic acids is 2. The highest BCUT2D eigenvalue weighted by Crippen LogP contribution is 2.39. The molecule has 0 aliphatic rings. The molecule has 0 aromatic heterocycles. The van der Waals surface area contributed by atoms with Crippen molar-refractivity contribution in [3.05, 3.63) is 71.3 Å². The van der Waals surface area contributed by atoms with Crippen LogP contribution in [0.4, 0.5) is 13.2 Å². The van der Waals surface area contributed by atoms with Gasteiger partial charge in [-0.2, -0.15) is 13.2 Å². The zero-order chi connectivity index (χ0) is 21.6. The molecule has 0 atom stereocenters. The van der Waals surface area contributed by atoms with Gasteiger partial charge >= 0.3 is 18.1 Å². The van der Waals surface area contributed by atoms with Gasteiger partial charge in [-0.3, -0.25) is 9.59 Å². The Morgan fingerprint density at radius 1 is 0.700 bits per heavy atom. The summed E-state index contributed by atoms with van der Waals surface area (Å²) in [6.07, 6.45) is -5.50. The van der Waals surface area contributed by atoms with Gasteiger partial charge in [-0.05, 0) is 67.7 Å². The quantitative estimate of drug-likeness (QED) is 0.439. The fourth-order valence-corrected chi connectivity index (χ4v) is 3.95. The van der Waals surface area contributed by atoms with E-state index in [9.17, 15) is 33.0 Å². The zero-order valence-electron chi connectivity index (χ0n) is 15.5. The summed E-state index contributed by atoms with van der Waals surface area (Å²) in [5.74, 6) is -2.31. The van der Waals surface area contributed by atoms with Gasteiger partial charge in [-0.15, -0.1) is 0 Å². The first-order chi connectivity index (χ1) is 14.1. The molecule has 0 aliphatic carbocycles. The van der Waals surface area contributed by atoms with Gasteiger partial charge in [-0.25, -0.2) is 0 Å². The van der Waals surface area contributed by atoms with E-state index in [0.717, 1.165) is 22.9 Å². The van der Waals surface area contributed by atoms with E-state index in [2.05, 4.69) is 0 Å². The van der Waals surface area contributed by atoms with Gasteiger partial charge in [0.15, 0.2) is 0 Å². The largest absolute Gasteiger partial charge is 0.481 e. The first-order valence-electron chi connectivity index (χ1n) is 9.06. The second-order valence-electron chi connectivity index (χ2n) is 7.10. The Hall–Kier alpha value is -3.61.